The van der Waals surface area contributed by atoms with Crippen molar-refractivity contribution in [3.8, 4) is 0 Å². The van der Waals surface area contributed by atoms with Gasteiger partial charge >= 0.3 is 12.1 Å². The Balaban J connectivity index is 1.94. The Morgan fingerprint density at radius 1 is 1.20 bits per heavy atom. The summed E-state index contributed by atoms with van der Waals surface area (Å²) in [7, 11) is 0. The number of carbonyl (C=O) groups excluding carboxylic acids is 2. The van der Waals surface area contributed by atoms with Gasteiger partial charge in [-0.2, -0.15) is 4.98 Å². The number of ether oxygens (including phenoxy) is 2. The monoisotopic (exact) mass is 347 g/mol. The molecule has 0 saturated carbocycles. The van der Waals surface area contributed by atoms with E-state index in [1.807, 2.05) is 0 Å². The third-order valence-electron chi connectivity index (χ3n) is 2.88. The number of hydrogen-bond donors (Lipinski definition) is 1. The lowest BCUT2D eigenvalue weighted by Crippen LogP contribution is -2.27. The van der Waals surface area contributed by atoms with Crippen molar-refractivity contribution in [2.24, 2.45) is 0 Å². The predicted molar refractivity (Wildman–Crippen MR) is 89.4 cm³/mol. The zero-order valence-electron chi connectivity index (χ0n) is 14.7. The number of hydrogen-bond acceptors (Lipinski definition) is 7. The summed E-state index contributed by atoms with van der Waals surface area (Å²) in [5.74, 6) is -0.412. The highest BCUT2D eigenvalue weighted by Crippen LogP contribution is 2.15. The minimum atomic E-state index is -0.616. The Labute approximate surface area is 145 Å². The van der Waals surface area contributed by atoms with Crippen LogP contribution < -0.4 is 5.32 Å². The minimum absolute atomic E-state index is 0.0972. The summed E-state index contributed by atoms with van der Waals surface area (Å²) < 4.78 is 15.0. The molecule has 8 nitrogen and oxygen atoms in total. The SMILES string of the molecule is CCOC(=O)c1noc(Cc2ccc(NC(=O)OC(C)(C)C)cc2)n1. The fourth-order valence-corrected chi connectivity index (χ4v) is 1.91. The van der Waals surface area contributed by atoms with Crippen molar-refractivity contribution in [1.82, 2.24) is 10.1 Å². The van der Waals surface area contributed by atoms with E-state index in [1.165, 1.54) is 0 Å². The number of amides is 1. The number of benzene rings is 1. The highest BCUT2D eigenvalue weighted by atomic mass is 16.6. The van der Waals surface area contributed by atoms with Gasteiger partial charge in [-0.25, -0.2) is 9.59 Å². The van der Waals surface area contributed by atoms with Gasteiger partial charge in [0, 0.05) is 5.69 Å². The largest absolute Gasteiger partial charge is 0.460 e. The molecule has 8 heteroatoms. The number of nitrogens with one attached hydrogen (secondary N) is 1. The molecule has 0 bridgehead atoms. The highest BCUT2D eigenvalue weighted by Gasteiger charge is 2.17. The van der Waals surface area contributed by atoms with E-state index in [-0.39, 0.29) is 12.4 Å². The summed E-state index contributed by atoms with van der Waals surface area (Å²) in [6, 6.07) is 7.09. The Kier molecular flexibility index (Phi) is 5.74. The molecule has 2 aromatic rings. The second kappa shape index (κ2) is 7.78. The summed E-state index contributed by atoms with van der Waals surface area (Å²) in [6.45, 7) is 7.33. The summed E-state index contributed by atoms with van der Waals surface area (Å²) >= 11 is 0. The van der Waals surface area contributed by atoms with E-state index in [0.717, 1.165) is 5.56 Å². The topological polar surface area (TPSA) is 104 Å². The van der Waals surface area contributed by atoms with Crippen LogP contribution in [0.3, 0.4) is 0 Å². The maximum absolute atomic E-state index is 11.7. The average molecular weight is 347 g/mol. The number of esters is 1. The van der Waals surface area contributed by atoms with Gasteiger partial charge in [0.2, 0.25) is 5.89 Å². The van der Waals surface area contributed by atoms with Gasteiger partial charge in [0.25, 0.3) is 5.82 Å². The molecule has 134 valence electrons. The van der Waals surface area contributed by atoms with Gasteiger partial charge in [-0.3, -0.25) is 5.32 Å². The van der Waals surface area contributed by atoms with E-state index in [2.05, 4.69) is 15.5 Å². The Morgan fingerprint density at radius 3 is 2.48 bits per heavy atom. The summed E-state index contributed by atoms with van der Waals surface area (Å²) in [4.78, 5) is 27.2. The number of carbonyl (C=O) groups is 2. The molecule has 0 aliphatic carbocycles. The van der Waals surface area contributed by atoms with Crippen LogP contribution >= 0.6 is 0 Å². The van der Waals surface area contributed by atoms with E-state index in [0.29, 0.717) is 18.0 Å². The lowest BCUT2D eigenvalue weighted by Gasteiger charge is -2.19. The predicted octanol–water partition coefficient (Wildman–Crippen LogP) is 3.18. The van der Waals surface area contributed by atoms with Crippen molar-refractivity contribution in [1.29, 1.82) is 0 Å². The fraction of sp³-hybridized carbons (Fsp3) is 0.412. The van der Waals surface area contributed by atoms with Crippen LogP contribution in [0.2, 0.25) is 0 Å². The number of nitrogens with zero attached hydrogens (tertiary/aromatic N) is 2. The van der Waals surface area contributed by atoms with Crippen molar-refractivity contribution in [2.45, 2.75) is 39.7 Å². The molecule has 2 rings (SSSR count). The van der Waals surface area contributed by atoms with Crippen molar-refractivity contribution in [3.05, 3.63) is 41.5 Å². The van der Waals surface area contributed by atoms with E-state index in [4.69, 9.17) is 14.0 Å². The van der Waals surface area contributed by atoms with Gasteiger partial charge in [0.1, 0.15) is 5.60 Å². The molecular weight excluding hydrogens is 326 g/mol. The lowest BCUT2D eigenvalue weighted by molar-refractivity contribution is 0.0507. The number of aromatic nitrogens is 2. The first-order valence-electron chi connectivity index (χ1n) is 7.85. The molecule has 1 aromatic heterocycles. The van der Waals surface area contributed by atoms with Gasteiger partial charge in [-0.1, -0.05) is 12.1 Å². The summed E-state index contributed by atoms with van der Waals surface area (Å²) in [5.41, 5.74) is 0.933. The van der Waals surface area contributed by atoms with E-state index >= 15 is 0 Å². The fourth-order valence-electron chi connectivity index (χ4n) is 1.91. The number of anilines is 1. The Morgan fingerprint density at radius 2 is 1.88 bits per heavy atom. The zero-order valence-corrected chi connectivity index (χ0v) is 14.7. The van der Waals surface area contributed by atoms with Crippen LogP contribution in [0.1, 0.15) is 49.8 Å². The van der Waals surface area contributed by atoms with Gasteiger partial charge in [0.05, 0.1) is 13.0 Å². The van der Waals surface area contributed by atoms with Crippen LogP contribution in [-0.2, 0) is 15.9 Å². The first-order valence-corrected chi connectivity index (χ1v) is 7.85. The molecule has 25 heavy (non-hydrogen) atoms. The normalized spacial score (nSPS) is 11.0. The molecule has 0 unspecified atom stereocenters. The maximum atomic E-state index is 11.7. The molecule has 1 heterocycles. The Bertz CT molecular complexity index is 731. The van der Waals surface area contributed by atoms with Crippen molar-refractivity contribution < 1.29 is 23.6 Å². The highest BCUT2D eigenvalue weighted by molar-refractivity contribution is 5.85. The molecular formula is C17H21N3O5. The molecule has 0 atom stereocenters. The maximum Gasteiger partial charge on any atom is 0.412 e. The molecule has 1 aromatic carbocycles. The first kappa shape index (κ1) is 18.4. The molecule has 0 spiro atoms. The van der Waals surface area contributed by atoms with E-state index in [9.17, 15) is 9.59 Å². The standard InChI is InChI=1S/C17H21N3O5/c1-5-23-15(21)14-19-13(25-20-14)10-11-6-8-12(9-7-11)18-16(22)24-17(2,3)4/h6-9H,5,10H2,1-4H3,(H,18,22). The second-order valence-electron chi connectivity index (χ2n) is 6.23. The quantitative estimate of drug-likeness (QED) is 0.828. The van der Waals surface area contributed by atoms with Crippen molar-refractivity contribution in [3.63, 3.8) is 0 Å². The van der Waals surface area contributed by atoms with Crippen LogP contribution in [0.5, 0.6) is 0 Å². The average Bonchev–Trinajstić information content (AvgIpc) is 2.96. The van der Waals surface area contributed by atoms with Crippen LogP contribution in [0.4, 0.5) is 10.5 Å². The molecule has 0 radical (unpaired) electrons. The molecule has 0 aliphatic rings. The minimum Gasteiger partial charge on any atom is -0.460 e. The van der Waals surface area contributed by atoms with Gasteiger partial charge in [0.15, 0.2) is 0 Å². The van der Waals surface area contributed by atoms with Gasteiger partial charge < -0.3 is 14.0 Å². The van der Waals surface area contributed by atoms with E-state index in [1.54, 1.807) is 52.0 Å². The van der Waals surface area contributed by atoms with Gasteiger partial charge in [-0.15, -0.1) is 0 Å². The smallest absolute Gasteiger partial charge is 0.412 e. The van der Waals surface area contributed by atoms with Crippen LogP contribution in [-0.4, -0.2) is 34.4 Å². The molecule has 1 amide bonds. The molecule has 0 saturated heterocycles. The Hall–Kier alpha value is -2.90. The van der Waals surface area contributed by atoms with Crippen LogP contribution in [0, 0.1) is 0 Å². The van der Waals surface area contributed by atoms with Gasteiger partial charge in [-0.05, 0) is 50.5 Å². The van der Waals surface area contributed by atoms with Crippen molar-refractivity contribution >= 4 is 17.7 Å². The summed E-state index contributed by atoms with van der Waals surface area (Å²) in [5, 5.41) is 6.24. The van der Waals surface area contributed by atoms with Crippen LogP contribution in [0.25, 0.3) is 0 Å². The third kappa shape index (κ3) is 5.91. The molecule has 1 N–H and O–H groups in total. The molecule has 0 aliphatic heterocycles. The number of rotatable bonds is 5. The first-order chi connectivity index (χ1) is 11.8. The van der Waals surface area contributed by atoms with Crippen LogP contribution in [0.15, 0.2) is 28.8 Å². The van der Waals surface area contributed by atoms with E-state index < -0.39 is 17.7 Å². The lowest BCUT2D eigenvalue weighted by atomic mass is 10.1. The third-order valence-corrected chi connectivity index (χ3v) is 2.88. The zero-order chi connectivity index (χ0) is 18.4. The summed E-state index contributed by atoms with van der Waals surface area (Å²) in [6.07, 6.45) is -0.157. The van der Waals surface area contributed by atoms with Crippen molar-refractivity contribution in [2.75, 3.05) is 11.9 Å². The second-order valence-corrected chi connectivity index (χ2v) is 6.23. The molecule has 0 fully saturated rings.